The molecule has 0 aliphatic rings. The minimum Gasteiger partial charge on any atom is -0.497 e. The summed E-state index contributed by atoms with van der Waals surface area (Å²) in [6.45, 7) is -0.590. The Bertz CT molecular complexity index is 1300. The molecule has 0 radical (unpaired) electrons. The van der Waals surface area contributed by atoms with Crippen LogP contribution in [0.1, 0.15) is 16.7 Å². The Morgan fingerprint density at radius 3 is 1.97 bits per heavy atom. The van der Waals surface area contributed by atoms with Crippen molar-refractivity contribution >= 4 is 21.8 Å². The van der Waals surface area contributed by atoms with Crippen molar-refractivity contribution in [2.45, 2.75) is 25.6 Å². The van der Waals surface area contributed by atoms with Crippen LogP contribution < -0.4 is 10.1 Å². The van der Waals surface area contributed by atoms with Gasteiger partial charge in [0.25, 0.3) is 0 Å². The fraction of sp³-hybridized carbons (Fsp3) is 0.310. The topological polar surface area (TPSA) is 116 Å². The zero-order valence-electron chi connectivity index (χ0n) is 22.2. The van der Waals surface area contributed by atoms with Crippen molar-refractivity contribution < 1.29 is 27.9 Å². The standard InChI is InChI=1S/C29H35N3O6S/c1-38-26-15-13-25(14-16-26)21-32(27(29(35)30-17-18-33)19-23-9-5-3-6-10-23)28(34)22-31(39(2,36)37)20-24-11-7-4-8-12-24/h3-16,27,33H,17-22H2,1-2H3,(H,30,35)/t27-/m0/s1. The number of ether oxygens (including phenoxy) is 1. The van der Waals surface area contributed by atoms with Gasteiger partial charge in [-0.1, -0.05) is 72.8 Å². The first-order valence-electron chi connectivity index (χ1n) is 12.5. The van der Waals surface area contributed by atoms with Crippen LogP contribution in [0.5, 0.6) is 5.75 Å². The van der Waals surface area contributed by atoms with Crippen molar-refractivity contribution in [3.8, 4) is 5.75 Å². The summed E-state index contributed by atoms with van der Waals surface area (Å²) in [5.41, 5.74) is 2.31. The smallest absolute Gasteiger partial charge is 0.243 e. The van der Waals surface area contributed by atoms with Crippen LogP contribution in [0.4, 0.5) is 0 Å². The largest absolute Gasteiger partial charge is 0.497 e. The fourth-order valence-corrected chi connectivity index (χ4v) is 4.83. The van der Waals surface area contributed by atoms with E-state index in [1.54, 1.807) is 55.6 Å². The Kier molecular flexibility index (Phi) is 11.0. The lowest BCUT2D eigenvalue weighted by atomic mass is 10.0. The third-order valence-corrected chi connectivity index (χ3v) is 7.37. The van der Waals surface area contributed by atoms with Gasteiger partial charge in [-0.2, -0.15) is 4.31 Å². The van der Waals surface area contributed by atoms with E-state index in [-0.39, 0.29) is 32.7 Å². The Morgan fingerprint density at radius 2 is 1.44 bits per heavy atom. The molecule has 3 rings (SSSR count). The van der Waals surface area contributed by atoms with E-state index in [4.69, 9.17) is 4.74 Å². The molecule has 0 saturated heterocycles. The van der Waals surface area contributed by atoms with Gasteiger partial charge >= 0.3 is 0 Å². The minimum absolute atomic E-state index is 0.0157. The van der Waals surface area contributed by atoms with Crippen LogP contribution in [-0.4, -0.2) is 73.6 Å². The third-order valence-electron chi connectivity index (χ3n) is 6.18. The van der Waals surface area contributed by atoms with Gasteiger partial charge in [0.2, 0.25) is 21.8 Å². The van der Waals surface area contributed by atoms with Gasteiger partial charge in [0, 0.05) is 26.1 Å². The first kappa shape index (κ1) is 29.8. The molecule has 0 heterocycles. The molecule has 0 bridgehead atoms. The second-order valence-electron chi connectivity index (χ2n) is 9.11. The number of carbonyl (C=O) groups is 2. The van der Waals surface area contributed by atoms with E-state index in [0.717, 1.165) is 27.3 Å². The molecule has 3 aromatic rings. The van der Waals surface area contributed by atoms with E-state index in [9.17, 15) is 23.1 Å². The zero-order chi connectivity index (χ0) is 28.3. The second kappa shape index (κ2) is 14.4. The average molecular weight is 554 g/mol. The van der Waals surface area contributed by atoms with Gasteiger partial charge in [-0.25, -0.2) is 8.42 Å². The lowest BCUT2D eigenvalue weighted by molar-refractivity contribution is -0.141. The summed E-state index contributed by atoms with van der Waals surface area (Å²) in [7, 11) is -2.20. The lowest BCUT2D eigenvalue weighted by Crippen LogP contribution is -2.53. The van der Waals surface area contributed by atoms with Crippen molar-refractivity contribution in [1.29, 1.82) is 0 Å². The lowest BCUT2D eigenvalue weighted by Gasteiger charge is -2.33. The monoisotopic (exact) mass is 553 g/mol. The highest BCUT2D eigenvalue weighted by atomic mass is 32.2. The number of nitrogens with zero attached hydrogens (tertiary/aromatic N) is 2. The quantitative estimate of drug-likeness (QED) is 0.316. The number of benzene rings is 3. The number of nitrogens with one attached hydrogen (secondary N) is 1. The molecule has 0 saturated carbocycles. The summed E-state index contributed by atoms with van der Waals surface area (Å²) in [6.07, 6.45) is 1.27. The van der Waals surface area contributed by atoms with E-state index < -0.39 is 34.4 Å². The van der Waals surface area contributed by atoms with Crippen LogP contribution in [0.25, 0.3) is 0 Å². The number of sulfonamides is 1. The maximum Gasteiger partial charge on any atom is 0.243 e. The predicted octanol–water partition coefficient (Wildman–Crippen LogP) is 2.21. The number of carbonyl (C=O) groups excluding carboxylic acids is 2. The number of hydrogen-bond acceptors (Lipinski definition) is 6. The normalized spacial score (nSPS) is 12.1. The van der Waals surface area contributed by atoms with Gasteiger partial charge in [-0.3, -0.25) is 9.59 Å². The summed E-state index contributed by atoms with van der Waals surface area (Å²) in [6, 6.07) is 24.4. The Labute approximate surface area is 230 Å². The summed E-state index contributed by atoms with van der Waals surface area (Å²) in [5.74, 6) is -0.319. The molecule has 0 unspecified atom stereocenters. The fourth-order valence-electron chi connectivity index (χ4n) is 4.10. The van der Waals surface area contributed by atoms with Gasteiger partial charge in [-0.05, 0) is 28.8 Å². The molecule has 3 aromatic carbocycles. The second-order valence-corrected chi connectivity index (χ2v) is 11.1. The zero-order valence-corrected chi connectivity index (χ0v) is 23.0. The van der Waals surface area contributed by atoms with Crippen LogP contribution in [0.2, 0.25) is 0 Å². The van der Waals surface area contributed by atoms with Crippen LogP contribution in [0.3, 0.4) is 0 Å². The van der Waals surface area contributed by atoms with E-state index in [1.807, 2.05) is 36.4 Å². The molecular formula is C29H35N3O6S. The van der Waals surface area contributed by atoms with Crippen molar-refractivity contribution in [1.82, 2.24) is 14.5 Å². The van der Waals surface area contributed by atoms with Crippen molar-refractivity contribution in [3.63, 3.8) is 0 Å². The number of hydrogen-bond donors (Lipinski definition) is 2. The van der Waals surface area contributed by atoms with Crippen molar-refractivity contribution in [3.05, 3.63) is 102 Å². The highest BCUT2D eigenvalue weighted by Crippen LogP contribution is 2.19. The van der Waals surface area contributed by atoms with Crippen LogP contribution >= 0.6 is 0 Å². The summed E-state index contributed by atoms with van der Waals surface area (Å²) >= 11 is 0. The molecule has 1 atom stereocenters. The number of methoxy groups -OCH3 is 1. The van der Waals surface area contributed by atoms with Crippen molar-refractivity contribution in [2.75, 3.05) is 33.1 Å². The van der Waals surface area contributed by atoms with E-state index >= 15 is 0 Å². The highest BCUT2D eigenvalue weighted by Gasteiger charge is 2.32. The van der Waals surface area contributed by atoms with Gasteiger partial charge in [0.15, 0.2) is 0 Å². The molecule has 2 N–H and O–H groups in total. The van der Waals surface area contributed by atoms with E-state index in [0.29, 0.717) is 5.75 Å². The van der Waals surface area contributed by atoms with Crippen molar-refractivity contribution in [2.24, 2.45) is 0 Å². The molecule has 0 aliphatic carbocycles. The highest BCUT2D eigenvalue weighted by molar-refractivity contribution is 7.88. The van der Waals surface area contributed by atoms with Crippen LogP contribution in [-0.2, 0) is 39.1 Å². The van der Waals surface area contributed by atoms with Crippen LogP contribution in [0, 0.1) is 0 Å². The molecule has 208 valence electrons. The number of amides is 2. The molecular weight excluding hydrogens is 518 g/mol. The molecule has 10 heteroatoms. The first-order chi connectivity index (χ1) is 18.7. The number of aliphatic hydroxyl groups is 1. The third kappa shape index (κ3) is 9.20. The Balaban J connectivity index is 1.98. The molecule has 0 aromatic heterocycles. The molecule has 0 aliphatic heterocycles. The summed E-state index contributed by atoms with van der Waals surface area (Å²) in [5, 5.41) is 12.0. The Morgan fingerprint density at radius 1 is 0.872 bits per heavy atom. The Hall–Kier alpha value is -3.73. The summed E-state index contributed by atoms with van der Waals surface area (Å²) < 4.78 is 31.7. The van der Waals surface area contributed by atoms with Crippen LogP contribution in [0.15, 0.2) is 84.9 Å². The number of rotatable bonds is 14. The maximum atomic E-state index is 13.9. The van der Waals surface area contributed by atoms with E-state index in [1.165, 1.54) is 4.90 Å². The SMILES string of the molecule is COc1ccc(CN(C(=O)CN(Cc2ccccc2)S(C)(=O)=O)[C@@H](Cc2ccccc2)C(=O)NCCO)cc1. The van der Waals surface area contributed by atoms with E-state index in [2.05, 4.69) is 5.32 Å². The molecule has 39 heavy (non-hydrogen) atoms. The number of aliphatic hydroxyl groups excluding tert-OH is 1. The van der Waals surface area contributed by atoms with Gasteiger partial charge < -0.3 is 20.1 Å². The molecule has 2 amide bonds. The summed E-state index contributed by atoms with van der Waals surface area (Å²) in [4.78, 5) is 28.6. The van der Waals surface area contributed by atoms with Gasteiger partial charge in [-0.15, -0.1) is 0 Å². The first-order valence-corrected chi connectivity index (χ1v) is 14.4. The average Bonchev–Trinajstić information content (AvgIpc) is 2.94. The molecule has 0 spiro atoms. The van der Waals surface area contributed by atoms with Gasteiger partial charge in [0.05, 0.1) is 26.5 Å². The predicted molar refractivity (Wildman–Crippen MR) is 149 cm³/mol. The maximum absolute atomic E-state index is 13.9. The molecule has 9 nitrogen and oxygen atoms in total. The van der Waals surface area contributed by atoms with Gasteiger partial charge in [0.1, 0.15) is 11.8 Å². The minimum atomic E-state index is -3.76. The molecule has 0 fully saturated rings.